The van der Waals surface area contributed by atoms with Crippen molar-refractivity contribution in [1.82, 2.24) is 0 Å². The predicted molar refractivity (Wildman–Crippen MR) is 97.2 cm³/mol. The molecular formula is C19H32O4Si. The van der Waals surface area contributed by atoms with Crippen LogP contribution in [0.1, 0.15) is 47.5 Å². The van der Waals surface area contributed by atoms with Gasteiger partial charge in [-0.1, -0.05) is 44.6 Å². The Bertz CT molecular complexity index is 544. The number of hydrogen-bond acceptors (Lipinski definition) is 4. The zero-order chi connectivity index (χ0) is 17.8. The molecule has 3 aliphatic rings. The number of allylic oxidation sites excluding steroid dienone is 3. The van der Waals surface area contributed by atoms with Crippen LogP contribution in [0.25, 0.3) is 0 Å². The number of ether oxygens (including phenoxy) is 3. The van der Waals surface area contributed by atoms with E-state index in [9.17, 15) is 0 Å². The maximum absolute atomic E-state index is 6.75. The van der Waals surface area contributed by atoms with Crippen LogP contribution in [0.2, 0.25) is 18.1 Å². The lowest BCUT2D eigenvalue weighted by Gasteiger charge is -2.40. The fourth-order valence-electron chi connectivity index (χ4n) is 3.27. The molecule has 4 atom stereocenters. The zero-order valence-corrected chi connectivity index (χ0v) is 17.1. The normalized spacial score (nSPS) is 35.4. The van der Waals surface area contributed by atoms with Gasteiger partial charge in [-0.3, -0.25) is 0 Å². The average molecular weight is 353 g/mol. The molecule has 1 aliphatic carbocycles. The molecule has 0 aromatic rings. The number of fused-ring (bicyclic) bond motifs is 1. The summed E-state index contributed by atoms with van der Waals surface area (Å²) in [5, 5.41) is 0.152. The summed E-state index contributed by atoms with van der Waals surface area (Å²) < 4.78 is 25.1. The molecule has 0 radical (unpaired) electrons. The summed E-state index contributed by atoms with van der Waals surface area (Å²) in [6, 6.07) is 0. The van der Waals surface area contributed by atoms with E-state index in [0.29, 0.717) is 0 Å². The quantitative estimate of drug-likeness (QED) is 0.697. The lowest BCUT2D eigenvalue weighted by atomic mass is 10.0. The van der Waals surface area contributed by atoms with Crippen LogP contribution in [0, 0.1) is 0 Å². The smallest absolute Gasteiger partial charge is 0.192 e. The van der Waals surface area contributed by atoms with E-state index in [4.69, 9.17) is 18.6 Å². The molecule has 0 aromatic carbocycles. The topological polar surface area (TPSA) is 36.9 Å². The Morgan fingerprint density at radius 2 is 1.96 bits per heavy atom. The SMILES string of the molecule is CC1(C)O[C@H]2O[C@H](CC3=CC=CC3)[C@H](O[Si](C)(C)C(C)(C)C)[C@H]2O1. The molecule has 4 nitrogen and oxygen atoms in total. The predicted octanol–water partition coefficient (Wildman–Crippen LogP) is 4.53. The highest BCUT2D eigenvalue weighted by molar-refractivity contribution is 6.74. The van der Waals surface area contributed by atoms with Crippen LogP contribution < -0.4 is 0 Å². The van der Waals surface area contributed by atoms with Gasteiger partial charge in [-0.15, -0.1) is 0 Å². The Hall–Kier alpha value is -0.463. The van der Waals surface area contributed by atoms with Crippen LogP contribution in [0.5, 0.6) is 0 Å². The van der Waals surface area contributed by atoms with Crippen molar-refractivity contribution in [2.24, 2.45) is 0 Å². The number of rotatable bonds is 4. The first kappa shape index (κ1) is 18.3. The second-order valence-electron chi connectivity index (χ2n) is 9.15. The molecule has 2 saturated heterocycles. The highest BCUT2D eigenvalue weighted by atomic mass is 28.4. The first-order valence-corrected chi connectivity index (χ1v) is 11.9. The van der Waals surface area contributed by atoms with Gasteiger partial charge in [0.2, 0.25) is 0 Å². The van der Waals surface area contributed by atoms with E-state index in [1.807, 2.05) is 13.8 Å². The molecule has 0 unspecified atom stereocenters. The second-order valence-corrected chi connectivity index (χ2v) is 13.9. The largest absolute Gasteiger partial charge is 0.408 e. The van der Waals surface area contributed by atoms with Gasteiger partial charge in [-0.05, 0) is 44.8 Å². The summed E-state index contributed by atoms with van der Waals surface area (Å²) >= 11 is 0. The van der Waals surface area contributed by atoms with E-state index < -0.39 is 14.1 Å². The Morgan fingerprint density at radius 1 is 1.25 bits per heavy atom. The molecule has 0 amide bonds. The van der Waals surface area contributed by atoms with Gasteiger partial charge in [0.1, 0.15) is 12.2 Å². The van der Waals surface area contributed by atoms with Crippen LogP contribution in [-0.4, -0.2) is 38.7 Å². The van der Waals surface area contributed by atoms with Gasteiger partial charge in [-0.2, -0.15) is 0 Å². The molecule has 0 N–H and O–H groups in total. The molecule has 2 aliphatic heterocycles. The van der Waals surface area contributed by atoms with Gasteiger partial charge in [0.05, 0.1) is 6.10 Å². The third-order valence-corrected chi connectivity index (χ3v) is 10.1. The molecule has 0 saturated carbocycles. The lowest BCUT2D eigenvalue weighted by molar-refractivity contribution is -0.213. The fraction of sp³-hybridized carbons (Fsp3) is 0.789. The van der Waals surface area contributed by atoms with Gasteiger partial charge in [-0.25, -0.2) is 0 Å². The van der Waals surface area contributed by atoms with Crippen molar-refractivity contribution in [1.29, 1.82) is 0 Å². The highest BCUT2D eigenvalue weighted by Crippen LogP contribution is 2.45. The second kappa shape index (κ2) is 6.06. The molecular weight excluding hydrogens is 320 g/mol. The Balaban J connectivity index is 1.79. The van der Waals surface area contributed by atoms with E-state index in [1.54, 1.807) is 0 Å². The summed E-state index contributed by atoms with van der Waals surface area (Å²) in [5.74, 6) is -0.608. The molecule has 24 heavy (non-hydrogen) atoms. The minimum absolute atomic E-state index is 0.00336. The first-order chi connectivity index (χ1) is 11.0. The van der Waals surface area contributed by atoms with Crippen LogP contribution in [-0.2, 0) is 18.6 Å². The molecule has 2 fully saturated rings. The lowest BCUT2D eigenvalue weighted by Crippen LogP contribution is -2.49. The Labute approximate surface area is 147 Å². The monoisotopic (exact) mass is 352 g/mol. The molecule has 2 heterocycles. The fourth-order valence-corrected chi connectivity index (χ4v) is 4.59. The third kappa shape index (κ3) is 3.56. The van der Waals surface area contributed by atoms with Crippen LogP contribution in [0.3, 0.4) is 0 Å². The van der Waals surface area contributed by atoms with Crippen molar-refractivity contribution in [3.63, 3.8) is 0 Å². The summed E-state index contributed by atoms with van der Waals surface area (Å²) in [5.41, 5.74) is 1.39. The highest BCUT2D eigenvalue weighted by Gasteiger charge is 2.57. The van der Waals surface area contributed by atoms with Crippen LogP contribution in [0.15, 0.2) is 23.8 Å². The maximum Gasteiger partial charge on any atom is 0.192 e. The standard InChI is InChI=1S/C19H32O4Si/c1-18(2,3)24(6,7)23-15-14(12-13-10-8-9-11-13)20-17-16(15)21-19(4,5)22-17/h8-10,14-17H,11-12H2,1-7H3/t14-,15+,16-,17-/m1/s1. The van der Waals surface area contributed by atoms with E-state index in [1.165, 1.54) is 5.57 Å². The van der Waals surface area contributed by atoms with Gasteiger partial charge in [0, 0.05) is 0 Å². The van der Waals surface area contributed by atoms with Gasteiger partial charge < -0.3 is 18.6 Å². The summed E-state index contributed by atoms with van der Waals surface area (Å²) in [7, 11) is -1.92. The Kier molecular flexibility index (Phi) is 4.63. The minimum Gasteiger partial charge on any atom is -0.408 e. The van der Waals surface area contributed by atoms with Gasteiger partial charge in [0.15, 0.2) is 20.4 Å². The number of hydrogen-bond donors (Lipinski definition) is 0. The van der Waals surface area contributed by atoms with Crippen molar-refractivity contribution in [3.8, 4) is 0 Å². The summed E-state index contributed by atoms with van der Waals surface area (Å²) in [6.07, 6.45) is 7.84. The zero-order valence-electron chi connectivity index (χ0n) is 16.1. The van der Waals surface area contributed by atoms with Gasteiger partial charge in [0.25, 0.3) is 0 Å². The van der Waals surface area contributed by atoms with Crippen molar-refractivity contribution >= 4 is 8.32 Å². The van der Waals surface area contributed by atoms with Crippen molar-refractivity contribution < 1.29 is 18.6 Å². The average Bonchev–Trinajstić information content (AvgIpc) is 3.07. The molecule has 0 aromatic heterocycles. The van der Waals surface area contributed by atoms with E-state index in [-0.39, 0.29) is 29.6 Å². The third-order valence-electron chi connectivity index (χ3n) is 5.64. The maximum atomic E-state index is 6.75. The van der Waals surface area contributed by atoms with Gasteiger partial charge >= 0.3 is 0 Å². The van der Waals surface area contributed by atoms with E-state index in [0.717, 1.165) is 12.8 Å². The van der Waals surface area contributed by atoms with Crippen molar-refractivity contribution in [2.45, 2.75) is 96.0 Å². The summed E-state index contributed by atoms with van der Waals surface area (Å²) in [4.78, 5) is 0. The molecule has 136 valence electrons. The van der Waals surface area contributed by atoms with E-state index in [2.05, 4.69) is 52.1 Å². The Morgan fingerprint density at radius 3 is 2.54 bits per heavy atom. The van der Waals surface area contributed by atoms with Crippen LogP contribution >= 0.6 is 0 Å². The molecule has 0 spiro atoms. The molecule has 5 heteroatoms. The van der Waals surface area contributed by atoms with Crippen molar-refractivity contribution in [2.75, 3.05) is 0 Å². The summed E-state index contributed by atoms with van der Waals surface area (Å²) in [6.45, 7) is 15.2. The first-order valence-electron chi connectivity index (χ1n) is 9.02. The molecule has 3 rings (SSSR count). The minimum atomic E-state index is -1.92. The van der Waals surface area contributed by atoms with Crippen LogP contribution in [0.4, 0.5) is 0 Å². The van der Waals surface area contributed by atoms with E-state index >= 15 is 0 Å². The van der Waals surface area contributed by atoms with Crippen molar-refractivity contribution in [3.05, 3.63) is 23.8 Å². The molecule has 0 bridgehead atoms.